The average Bonchev–Trinajstić information content (AvgIpc) is 2.76. The fraction of sp³-hybridized carbons (Fsp3) is 0.417. The number of rotatable bonds is 5. The molecule has 5 heteroatoms. The van der Waals surface area contributed by atoms with Crippen molar-refractivity contribution in [3.05, 3.63) is 41.3 Å². The van der Waals surface area contributed by atoms with Gasteiger partial charge in [0.25, 0.3) is 0 Å². The average molecular weight is 232 g/mol. The van der Waals surface area contributed by atoms with E-state index in [2.05, 4.69) is 33.4 Å². The van der Waals surface area contributed by atoms with Crippen LogP contribution in [-0.4, -0.2) is 15.1 Å². The molecular weight excluding hydrogens is 216 g/mol. The molecule has 90 valence electrons. The monoisotopic (exact) mass is 232 g/mol. The molecule has 1 N–H and O–H groups in total. The number of nitrogens with zero attached hydrogens (tertiary/aromatic N) is 3. The molecule has 2 rings (SSSR count). The van der Waals surface area contributed by atoms with E-state index in [9.17, 15) is 0 Å². The van der Waals surface area contributed by atoms with Gasteiger partial charge >= 0.3 is 0 Å². The van der Waals surface area contributed by atoms with Crippen molar-refractivity contribution in [2.24, 2.45) is 0 Å². The zero-order chi connectivity index (χ0) is 12.1. The molecule has 0 spiro atoms. The highest BCUT2D eigenvalue weighted by Gasteiger charge is 2.03. The largest absolute Gasteiger partial charge is 0.340 e. The van der Waals surface area contributed by atoms with Crippen LogP contribution in [0.15, 0.2) is 22.9 Å². The number of hydrogen-bond acceptors (Lipinski definition) is 5. The first-order valence-electron chi connectivity index (χ1n) is 5.72. The molecule has 0 aliphatic carbocycles. The van der Waals surface area contributed by atoms with Crippen molar-refractivity contribution in [1.29, 1.82) is 0 Å². The summed E-state index contributed by atoms with van der Waals surface area (Å²) >= 11 is 0. The lowest BCUT2D eigenvalue weighted by Gasteiger charge is -2.06. The topological polar surface area (TPSA) is 63.8 Å². The van der Waals surface area contributed by atoms with Crippen molar-refractivity contribution in [2.45, 2.75) is 33.4 Å². The van der Waals surface area contributed by atoms with Gasteiger partial charge in [-0.15, -0.1) is 0 Å². The molecule has 0 saturated heterocycles. The van der Waals surface area contributed by atoms with Crippen LogP contribution < -0.4 is 5.32 Å². The van der Waals surface area contributed by atoms with Gasteiger partial charge in [0.1, 0.15) is 0 Å². The number of aromatic nitrogens is 3. The van der Waals surface area contributed by atoms with Crippen LogP contribution in [0.4, 0.5) is 0 Å². The van der Waals surface area contributed by atoms with Crippen LogP contribution in [0.25, 0.3) is 0 Å². The molecule has 0 unspecified atom stereocenters. The molecule has 0 amide bonds. The van der Waals surface area contributed by atoms with Gasteiger partial charge in [-0.05, 0) is 18.1 Å². The standard InChI is InChI=1S/C12H16N4O/c1-3-10-5-4-6-14-11(10)7-13-8-12-15-9(2)17-16-12/h4-6,13H,3,7-8H2,1-2H3. The quantitative estimate of drug-likeness (QED) is 0.848. The molecule has 17 heavy (non-hydrogen) atoms. The Labute approximate surface area is 100 Å². The van der Waals surface area contributed by atoms with E-state index in [1.54, 1.807) is 6.92 Å². The number of pyridine rings is 1. The molecule has 0 aromatic carbocycles. The summed E-state index contributed by atoms with van der Waals surface area (Å²) in [7, 11) is 0. The fourth-order valence-corrected chi connectivity index (χ4v) is 1.66. The van der Waals surface area contributed by atoms with E-state index < -0.39 is 0 Å². The Morgan fingerprint density at radius 3 is 2.94 bits per heavy atom. The third-order valence-corrected chi connectivity index (χ3v) is 2.51. The van der Waals surface area contributed by atoms with Crippen molar-refractivity contribution >= 4 is 0 Å². The van der Waals surface area contributed by atoms with Crippen molar-refractivity contribution in [3.63, 3.8) is 0 Å². The van der Waals surface area contributed by atoms with E-state index in [-0.39, 0.29) is 0 Å². The first-order valence-corrected chi connectivity index (χ1v) is 5.72. The van der Waals surface area contributed by atoms with Crippen LogP contribution in [-0.2, 0) is 19.5 Å². The first kappa shape index (κ1) is 11.7. The maximum Gasteiger partial charge on any atom is 0.223 e. The van der Waals surface area contributed by atoms with Crippen LogP contribution >= 0.6 is 0 Å². The Kier molecular flexibility index (Phi) is 3.82. The van der Waals surface area contributed by atoms with E-state index in [0.29, 0.717) is 18.3 Å². The van der Waals surface area contributed by atoms with Gasteiger partial charge in [0.05, 0.1) is 12.2 Å². The molecular formula is C12H16N4O. The molecule has 2 aromatic heterocycles. The van der Waals surface area contributed by atoms with Crippen molar-refractivity contribution in [2.75, 3.05) is 0 Å². The lowest BCUT2D eigenvalue weighted by Crippen LogP contribution is -2.16. The van der Waals surface area contributed by atoms with Gasteiger partial charge in [-0.2, -0.15) is 4.98 Å². The first-order chi connectivity index (χ1) is 8.29. The SMILES string of the molecule is CCc1cccnc1CNCc1noc(C)n1. The Bertz CT molecular complexity index is 481. The zero-order valence-electron chi connectivity index (χ0n) is 10.1. The zero-order valence-corrected chi connectivity index (χ0v) is 10.1. The van der Waals surface area contributed by atoms with E-state index in [1.807, 2.05) is 12.3 Å². The summed E-state index contributed by atoms with van der Waals surface area (Å²) in [6.45, 7) is 5.22. The minimum absolute atomic E-state index is 0.592. The fourth-order valence-electron chi connectivity index (χ4n) is 1.66. The van der Waals surface area contributed by atoms with Gasteiger partial charge in [-0.3, -0.25) is 4.98 Å². The second-order valence-corrected chi connectivity index (χ2v) is 3.80. The number of nitrogens with one attached hydrogen (secondary N) is 1. The predicted molar refractivity (Wildman–Crippen MR) is 63.2 cm³/mol. The van der Waals surface area contributed by atoms with Crippen LogP contribution in [0.5, 0.6) is 0 Å². The lowest BCUT2D eigenvalue weighted by molar-refractivity contribution is 0.385. The number of aryl methyl sites for hydroxylation is 2. The molecule has 0 bridgehead atoms. The summed E-state index contributed by atoms with van der Waals surface area (Å²) in [5.41, 5.74) is 2.35. The smallest absolute Gasteiger partial charge is 0.223 e. The third kappa shape index (κ3) is 3.10. The van der Waals surface area contributed by atoms with Gasteiger partial charge in [0, 0.05) is 19.7 Å². The molecule has 0 saturated carbocycles. The highest BCUT2D eigenvalue weighted by molar-refractivity contribution is 5.19. The normalized spacial score (nSPS) is 10.7. The van der Waals surface area contributed by atoms with Gasteiger partial charge in [0.15, 0.2) is 5.82 Å². The Morgan fingerprint density at radius 2 is 2.24 bits per heavy atom. The summed E-state index contributed by atoms with van der Waals surface area (Å²) in [5.74, 6) is 1.27. The van der Waals surface area contributed by atoms with E-state index in [1.165, 1.54) is 5.56 Å². The number of hydrogen-bond donors (Lipinski definition) is 1. The van der Waals surface area contributed by atoms with Gasteiger partial charge in [-0.1, -0.05) is 18.1 Å². The Morgan fingerprint density at radius 1 is 1.35 bits per heavy atom. The summed E-state index contributed by atoms with van der Waals surface area (Å²) in [5, 5.41) is 7.08. The maximum atomic E-state index is 4.90. The molecule has 2 aromatic rings. The van der Waals surface area contributed by atoms with E-state index in [0.717, 1.165) is 18.7 Å². The van der Waals surface area contributed by atoms with Crippen LogP contribution in [0.1, 0.15) is 29.9 Å². The van der Waals surface area contributed by atoms with Crippen molar-refractivity contribution in [1.82, 2.24) is 20.4 Å². The molecule has 0 atom stereocenters. The van der Waals surface area contributed by atoms with Gasteiger partial charge in [-0.25, -0.2) is 0 Å². The summed E-state index contributed by atoms with van der Waals surface area (Å²) < 4.78 is 4.90. The molecule has 2 heterocycles. The highest BCUT2D eigenvalue weighted by Crippen LogP contribution is 2.05. The second-order valence-electron chi connectivity index (χ2n) is 3.80. The van der Waals surface area contributed by atoms with Crippen molar-refractivity contribution in [3.8, 4) is 0 Å². The third-order valence-electron chi connectivity index (χ3n) is 2.51. The minimum Gasteiger partial charge on any atom is -0.340 e. The Hall–Kier alpha value is -1.75. The molecule has 5 nitrogen and oxygen atoms in total. The lowest BCUT2D eigenvalue weighted by atomic mass is 10.1. The molecule has 0 radical (unpaired) electrons. The van der Waals surface area contributed by atoms with Crippen molar-refractivity contribution < 1.29 is 4.52 Å². The summed E-state index contributed by atoms with van der Waals surface area (Å²) in [4.78, 5) is 8.48. The van der Waals surface area contributed by atoms with Crippen LogP contribution in [0, 0.1) is 6.92 Å². The van der Waals surface area contributed by atoms with E-state index >= 15 is 0 Å². The second kappa shape index (κ2) is 5.54. The maximum absolute atomic E-state index is 4.90. The van der Waals surface area contributed by atoms with E-state index in [4.69, 9.17) is 4.52 Å². The van der Waals surface area contributed by atoms with Crippen LogP contribution in [0.3, 0.4) is 0 Å². The predicted octanol–water partition coefficient (Wildman–Crippen LogP) is 1.63. The summed E-state index contributed by atoms with van der Waals surface area (Å²) in [6.07, 6.45) is 2.81. The Balaban J connectivity index is 1.89. The summed E-state index contributed by atoms with van der Waals surface area (Å²) in [6, 6.07) is 4.06. The molecule has 0 aliphatic heterocycles. The highest BCUT2D eigenvalue weighted by atomic mass is 16.5. The minimum atomic E-state index is 0.592. The van der Waals surface area contributed by atoms with Gasteiger partial charge < -0.3 is 9.84 Å². The van der Waals surface area contributed by atoms with Crippen LogP contribution in [0.2, 0.25) is 0 Å². The molecule has 0 aliphatic rings. The molecule has 0 fully saturated rings. The van der Waals surface area contributed by atoms with Gasteiger partial charge in [0.2, 0.25) is 5.89 Å².